The lowest BCUT2D eigenvalue weighted by molar-refractivity contribution is 0.0695. The maximum Gasteiger partial charge on any atom is 0.338 e. The average Bonchev–Trinajstić information content (AvgIpc) is 2.83. The summed E-state index contributed by atoms with van der Waals surface area (Å²) in [6.07, 6.45) is 0.926. The van der Waals surface area contributed by atoms with Crippen molar-refractivity contribution >= 4 is 29.7 Å². The highest BCUT2D eigenvalue weighted by Crippen LogP contribution is 2.33. The van der Waals surface area contributed by atoms with Crippen molar-refractivity contribution in [1.29, 1.82) is 0 Å². The number of benzene rings is 1. The number of para-hydroxylation sites is 1. The van der Waals surface area contributed by atoms with Crippen LogP contribution in [0.15, 0.2) is 30.3 Å². The van der Waals surface area contributed by atoms with Crippen molar-refractivity contribution in [2.75, 3.05) is 11.4 Å². The van der Waals surface area contributed by atoms with Crippen molar-refractivity contribution in [2.24, 2.45) is 0 Å². The van der Waals surface area contributed by atoms with Crippen LogP contribution in [0.3, 0.4) is 0 Å². The van der Waals surface area contributed by atoms with Gasteiger partial charge in [0.1, 0.15) is 4.64 Å². The van der Waals surface area contributed by atoms with Crippen LogP contribution in [0, 0.1) is 4.64 Å². The molecule has 0 atom stereocenters. The summed E-state index contributed by atoms with van der Waals surface area (Å²) in [5.74, 6) is -0.465. The normalized spacial score (nSPS) is 13.4. The number of aromatic nitrogens is 2. The fraction of sp³-hybridized carbons (Fsp3) is 0.154. The predicted molar refractivity (Wildman–Crippen MR) is 73.5 cm³/mol. The fourth-order valence-electron chi connectivity index (χ4n) is 2.27. The molecule has 3 rings (SSSR count). The van der Waals surface area contributed by atoms with E-state index >= 15 is 0 Å². The standard InChI is InChI=1S/C13H11N3O2S/c17-13(18)9-7-11(14-15-12(9)19)16-6-5-8-3-1-2-4-10(8)16/h1-4,7H,5-6H2,(H,15,19)(H,17,18). The van der Waals surface area contributed by atoms with Crippen LogP contribution in [0.1, 0.15) is 15.9 Å². The number of aromatic carboxylic acids is 1. The Morgan fingerprint density at radius 3 is 3.00 bits per heavy atom. The topological polar surface area (TPSA) is 69.2 Å². The molecule has 0 amide bonds. The molecule has 19 heavy (non-hydrogen) atoms. The summed E-state index contributed by atoms with van der Waals surface area (Å²) in [6.45, 7) is 0.788. The Hall–Kier alpha value is -2.21. The van der Waals surface area contributed by atoms with Gasteiger partial charge >= 0.3 is 5.97 Å². The summed E-state index contributed by atoms with van der Waals surface area (Å²) in [4.78, 5) is 13.1. The van der Waals surface area contributed by atoms with Crippen molar-refractivity contribution in [1.82, 2.24) is 10.2 Å². The van der Waals surface area contributed by atoms with Gasteiger partial charge < -0.3 is 10.0 Å². The Balaban J connectivity index is 2.07. The van der Waals surface area contributed by atoms with Gasteiger partial charge in [0.15, 0.2) is 5.82 Å². The molecule has 0 saturated heterocycles. The molecule has 1 aromatic carbocycles. The number of carbonyl (C=O) groups is 1. The summed E-state index contributed by atoms with van der Waals surface area (Å²) in [5, 5.41) is 15.8. The van der Waals surface area contributed by atoms with E-state index in [9.17, 15) is 4.79 Å². The van der Waals surface area contributed by atoms with Crippen molar-refractivity contribution in [3.8, 4) is 0 Å². The largest absolute Gasteiger partial charge is 0.478 e. The molecule has 5 nitrogen and oxygen atoms in total. The van der Waals surface area contributed by atoms with E-state index in [1.165, 1.54) is 11.6 Å². The summed E-state index contributed by atoms with van der Waals surface area (Å²) >= 11 is 4.92. The molecule has 0 spiro atoms. The first-order valence-corrected chi connectivity index (χ1v) is 6.26. The van der Waals surface area contributed by atoms with Gasteiger partial charge in [0, 0.05) is 18.3 Å². The number of H-pyrrole nitrogens is 1. The van der Waals surface area contributed by atoms with Gasteiger partial charge in [-0.3, -0.25) is 5.10 Å². The second-order valence-electron chi connectivity index (χ2n) is 4.30. The molecule has 2 N–H and O–H groups in total. The number of carboxylic acid groups (broad SMARTS) is 1. The SMILES string of the molecule is O=C(O)c1cc(N2CCc3ccccc32)n[nH]c1=S. The second kappa shape index (κ2) is 4.47. The molecule has 0 radical (unpaired) electrons. The Morgan fingerprint density at radius 1 is 1.42 bits per heavy atom. The van der Waals surface area contributed by atoms with Gasteiger partial charge in [-0.05, 0) is 18.1 Å². The molecule has 2 aromatic rings. The third-order valence-electron chi connectivity index (χ3n) is 3.18. The van der Waals surface area contributed by atoms with E-state index in [-0.39, 0.29) is 10.2 Å². The number of anilines is 2. The zero-order valence-electron chi connectivity index (χ0n) is 9.96. The first-order chi connectivity index (χ1) is 9.16. The Kier molecular flexibility index (Phi) is 2.79. The number of nitrogens with one attached hydrogen (secondary N) is 1. The first-order valence-electron chi connectivity index (χ1n) is 5.85. The summed E-state index contributed by atoms with van der Waals surface area (Å²) < 4.78 is 0.142. The van der Waals surface area contributed by atoms with Crippen LogP contribution < -0.4 is 4.90 Å². The minimum absolute atomic E-state index is 0.0735. The monoisotopic (exact) mass is 273 g/mol. The maximum absolute atomic E-state index is 11.1. The molecule has 0 saturated carbocycles. The molecule has 0 unspecified atom stereocenters. The summed E-state index contributed by atoms with van der Waals surface area (Å²) in [6, 6.07) is 9.55. The van der Waals surface area contributed by atoms with Gasteiger partial charge in [-0.2, -0.15) is 5.10 Å². The minimum Gasteiger partial charge on any atom is -0.478 e. The van der Waals surface area contributed by atoms with E-state index in [1.54, 1.807) is 0 Å². The van der Waals surface area contributed by atoms with Crippen molar-refractivity contribution in [3.63, 3.8) is 0 Å². The number of carboxylic acids is 1. The molecular formula is C13H11N3O2S. The number of fused-ring (bicyclic) bond motifs is 1. The Bertz CT molecular complexity index is 711. The molecule has 0 aliphatic carbocycles. The molecule has 0 fully saturated rings. The van der Waals surface area contributed by atoms with E-state index in [1.807, 2.05) is 23.1 Å². The van der Waals surface area contributed by atoms with E-state index < -0.39 is 5.97 Å². The number of rotatable bonds is 2. The predicted octanol–water partition coefficient (Wildman–Crippen LogP) is 2.53. The van der Waals surface area contributed by atoms with Gasteiger partial charge in [0.05, 0.1) is 5.56 Å². The van der Waals surface area contributed by atoms with E-state index in [0.29, 0.717) is 5.82 Å². The molecule has 0 bridgehead atoms. The van der Waals surface area contributed by atoms with Crippen LogP contribution in [0.5, 0.6) is 0 Å². The van der Waals surface area contributed by atoms with E-state index in [2.05, 4.69) is 16.3 Å². The van der Waals surface area contributed by atoms with Crippen molar-refractivity contribution in [3.05, 3.63) is 46.1 Å². The first kappa shape index (κ1) is 11.9. The fourth-order valence-corrected chi connectivity index (χ4v) is 2.46. The average molecular weight is 273 g/mol. The quantitative estimate of drug-likeness (QED) is 0.823. The van der Waals surface area contributed by atoms with Crippen LogP contribution >= 0.6 is 12.2 Å². The Labute approximate surface area is 114 Å². The van der Waals surface area contributed by atoms with Crippen LogP contribution in [-0.2, 0) is 6.42 Å². The third kappa shape index (κ3) is 2.00. The van der Waals surface area contributed by atoms with Gasteiger partial charge in [-0.15, -0.1) is 0 Å². The van der Waals surface area contributed by atoms with E-state index in [4.69, 9.17) is 17.3 Å². The zero-order chi connectivity index (χ0) is 13.4. The molecule has 1 aromatic heterocycles. The van der Waals surface area contributed by atoms with E-state index in [0.717, 1.165) is 18.7 Å². The highest BCUT2D eigenvalue weighted by Gasteiger charge is 2.22. The van der Waals surface area contributed by atoms with Gasteiger partial charge in [0.25, 0.3) is 0 Å². The smallest absolute Gasteiger partial charge is 0.338 e. The number of hydrogen-bond donors (Lipinski definition) is 2. The molecule has 96 valence electrons. The number of nitrogens with zero attached hydrogens (tertiary/aromatic N) is 2. The highest BCUT2D eigenvalue weighted by atomic mass is 32.1. The third-order valence-corrected chi connectivity index (χ3v) is 3.50. The van der Waals surface area contributed by atoms with Crippen molar-refractivity contribution in [2.45, 2.75) is 6.42 Å². The number of aromatic amines is 1. The molecule has 6 heteroatoms. The van der Waals surface area contributed by atoms with Gasteiger partial charge in [0.2, 0.25) is 0 Å². The molecule has 2 heterocycles. The van der Waals surface area contributed by atoms with Crippen molar-refractivity contribution < 1.29 is 9.90 Å². The second-order valence-corrected chi connectivity index (χ2v) is 4.71. The maximum atomic E-state index is 11.1. The van der Waals surface area contributed by atoms with Crippen LogP contribution in [-0.4, -0.2) is 27.8 Å². The zero-order valence-corrected chi connectivity index (χ0v) is 10.8. The molecule has 1 aliphatic heterocycles. The minimum atomic E-state index is -1.04. The lowest BCUT2D eigenvalue weighted by Crippen LogP contribution is -2.16. The Morgan fingerprint density at radius 2 is 2.21 bits per heavy atom. The molecule has 1 aliphatic rings. The molecular weight excluding hydrogens is 262 g/mol. The van der Waals surface area contributed by atoms with Gasteiger partial charge in [-0.1, -0.05) is 30.4 Å². The lowest BCUT2D eigenvalue weighted by atomic mass is 10.2. The summed E-state index contributed by atoms with van der Waals surface area (Å²) in [5.41, 5.74) is 2.38. The highest BCUT2D eigenvalue weighted by molar-refractivity contribution is 7.71. The number of hydrogen-bond acceptors (Lipinski definition) is 4. The summed E-state index contributed by atoms with van der Waals surface area (Å²) in [7, 11) is 0. The van der Waals surface area contributed by atoms with Gasteiger partial charge in [-0.25, -0.2) is 4.79 Å². The lowest BCUT2D eigenvalue weighted by Gasteiger charge is -2.18. The van der Waals surface area contributed by atoms with Crippen LogP contribution in [0.4, 0.5) is 11.5 Å². The van der Waals surface area contributed by atoms with Crippen LogP contribution in [0.2, 0.25) is 0 Å². The van der Waals surface area contributed by atoms with Crippen LogP contribution in [0.25, 0.3) is 0 Å².